The molecule has 3 heterocycles. The number of ether oxygens (including phenoxy) is 2. The highest BCUT2D eigenvalue weighted by atomic mass is 35.5. The predicted octanol–water partition coefficient (Wildman–Crippen LogP) is 5.93. The van der Waals surface area contributed by atoms with Crippen LogP contribution in [-0.2, 0) is 4.79 Å². The molecule has 4 aromatic rings. The summed E-state index contributed by atoms with van der Waals surface area (Å²) in [6.45, 7) is 3.11. The van der Waals surface area contributed by atoms with E-state index in [0.29, 0.717) is 32.8 Å². The third kappa shape index (κ3) is 5.26. The van der Waals surface area contributed by atoms with E-state index in [-0.39, 0.29) is 28.0 Å². The number of carbonyl (C=O) groups excluding carboxylic acids is 2. The second-order valence-corrected chi connectivity index (χ2v) is 8.99. The van der Waals surface area contributed by atoms with Crippen LogP contribution in [0.2, 0.25) is 5.15 Å². The summed E-state index contributed by atoms with van der Waals surface area (Å²) in [5.41, 5.74) is 2.31. The number of pyridine rings is 2. The van der Waals surface area contributed by atoms with Crippen molar-refractivity contribution in [1.29, 1.82) is 0 Å². The molecular formula is C24H19ClF2N4O4S. The molecule has 0 saturated heterocycles. The van der Waals surface area contributed by atoms with E-state index in [1.807, 2.05) is 0 Å². The smallest absolute Gasteiger partial charge is 0.461 e. The summed E-state index contributed by atoms with van der Waals surface area (Å²) < 4.78 is 38.4. The number of methoxy groups -OCH3 is 1. The number of halogens is 3. The molecular weight excluding hydrogens is 514 g/mol. The Morgan fingerprint density at radius 3 is 2.64 bits per heavy atom. The number of benzene rings is 1. The number of carbonyl (C=O) groups is 2. The number of Topliss-reactive ketones (excluding diaryl/α,β-unsaturated/α-hetero) is 1. The summed E-state index contributed by atoms with van der Waals surface area (Å²) in [6.07, 6.45) is -1.42. The van der Waals surface area contributed by atoms with Crippen molar-refractivity contribution in [1.82, 2.24) is 15.0 Å². The van der Waals surface area contributed by atoms with Crippen molar-refractivity contribution in [3.05, 3.63) is 59.1 Å². The van der Waals surface area contributed by atoms with Crippen LogP contribution in [0.25, 0.3) is 21.3 Å². The first-order chi connectivity index (χ1) is 17.1. The molecule has 0 aliphatic heterocycles. The number of alkyl halides is 2. The molecule has 12 heteroatoms. The number of anilines is 1. The largest absolute Gasteiger partial charge is 0.494 e. The highest BCUT2D eigenvalue weighted by molar-refractivity contribution is 7.22. The van der Waals surface area contributed by atoms with Crippen LogP contribution >= 0.6 is 22.9 Å². The molecule has 0 radical (unpaired) electrons. The number of aryl methyl sites for hydroxylation is 1. The Morgan fingerprint density at radius 1 is 1.14 bits per heavy atom. The van der Waals surface area contributed by atoms with E-state index in [2.05, 4.69) is 25.0 Å². The SMILES string of the molecule is CCC(=O)C(F)(F)Oc1ccc2sc(NC(=O)c3cnc(C)cc3-c3cc(Cl)ncc3OC)nc2c1. The first-order valence-electron chi connectivity index (χ1n) is 10.6. The number of rotatable bonds is 8. The maximum atomic E-state index is 13.9. The molecule has 8 nitrogen and oxygen atoms in total. The van der Waals surface area contributed by atoms with Crippen molar-refractivity contribution in [3.8, 4) is 22.6 Å². The lowest BCUT2D eigenvalue weighted by molar-refractivity contribution is -0.190. The van der Waals surface area contributed by atoms with Gasteiger partial charge in [-0.25, -0.2) is 9.97 Å². The standard InChI is InChI=1S/C24H19ClF2N4O4S/c1-4-20(32)24(26,27)35-13-5-6-19-17(8-13)30-23(36-19)31-22(33)16-10-28-12(2)7-14(16)15-9-21(25)29-11-18(15)34-3/h5-11H,4H2,1-3H3,(H,30,31,33). The van der Waals surface area contributed by atoms with Crippen LogP contribution in [0.3, 0.4) is 0 Å². The van der Waals surface area contributed by atoms with Crippen molar-refractivity contribution in [2.75, 3.05) is 12.4 Å². The summed E-state index contributed by atoms with van der Waals surface area (Å²) >= 11 is 7.23. The fourth-order valence-corrected chi connectivity index (χ4v) is 4.35. The van der Waals surface area contributed by atoms with Gasteiger partial charge in [-0.2, -0.15) is 8.78 Å². The van der Waals surface area contributed by atoms with Gasteiger partial charge in [0.05, 0.1) is 29.1 Å². The van der Waals surface area contributed by atoms with Gasteiger partial charge in [-0.05, 0) is 31.2 Å². The number of hydrogen-bond acceptors (Lipinski definition) is 8. The maximum Gasteiger partial charge on any atom is 0.461 e. The average molecular weight is 533 g/mol. The van der Waals surface area contributed by atoms with Gasteiger partial charge in [-0.1, -0.05) is 29.9 Å². The lowest BCUT2D eigenvalue weighted by Gasteiger charge is -2.15. The van der Waals surface area contributed by atoms with Gasteiger partial charge in [0.25, 0.3) is 5.91 Å². The van der Waals surface area contributed by atoms with Gasteiger partial charge in [-0.3, -0.25) is 19.9 Å². The molecule has 186 valence electrons. The highest BCUT2D eigenvalue weighted by Crippen LogP contribution is 2.35. The number of fused-ring (bicyclic) bond motifs is 1. The number of hydrogen-bond donors (Lipinski definition) is 1. The zero-order valence-electron chi connectivity index (χ0n) is 19.3. The fraction of sp³-hybridized carbons (Fsp3) is 0.208. The second-order valence-electron chi connectivity index (χ2n) is 7.58. The molecule has 0 atom stereocenters. The van der Waals surface area contributed by atoms with Crippen molar-refractivity contribution >= 4 is 50.0 Å². The van der Waals surface area contributed by atoms with Gasteiger partial charge >= 0.3 is 6.11 Å². The molecule has 0 fully saturated rings. The van der Waals surface area contributed by atoms with E-state index in [9.17, 15) is 18.4 Å². The molecule has 0 unspecified atom stereocenters. The molecule has 1 N–H and O–H groups in total. The van der Waals surface area contributed by atoms with Gasteiger partial charge in [0.15, 0.2) is 5.13 Å². The molecule has 1 aromatic carbocycles. The molecule has 0 aliphatic rings. The van der Waals surface area contributed by atoms with E-state index in [1.54, 1.807) is 19.1 Å². The molecule has 0 aliphatic carbocycles. The summed E-state index contributed by atoms with van der Waals surface area (Å²) in [4.78, 5) is 37.2. The molecule has 0 spiro atoms. The normalized spacial score (nSPS) is 11.4. The van der Waals surface area contributed by atoms with Crippen molar-refractivity contribution in [2.45, 2.75) is 26.4 Å². The van der Waals surface area contributed by atoms with Crippen molar-refractivity contribution in [3.63, 3.8) is 0 Å². The quantitative estimate of drug-likeness (QED) is 0.281. The number of ketones is 1. The maximum absolute atomic E-state index is 13.9. The Labute approximate surface area is 213 Å². The van der Waals surface area contributed by atoms with Crippen LogP contribution in [0.15, 0.2) is 42.7 Å². The Morgan fingerprint density at radius 2 is 1.92 bits per heavy atom. The van der Waals surface area contributed by atoms with Gasteiger partial charge < -0.3 is 9.47 Å². The number of amides is 1. The first-order valence-corrected chi connectivity index (χ1v) is 11.8. The van der Waals surface area contributed by atoms with E-state index in [1.165, 1.54) is 44.6 Å². The third-order valence-corrected chi connectivity index (χ3v) is 6.26. The Hall–Kier alpha value is -3.70. The van der Waals surface area contributed by atoms with Crippen LogP contribution in [-0.4, -0.2) is 39.9 Å². The minimum absolute atomic E-state index is 0.218. The van der Waals surface area contributed by atoms with Gasteiger partial charge in [-0.15, -0.1) is 0 Å². The lowest BCUT2D eigenvalue weighted by Crippen LogP contribution is -2.34. The molecule has 0 saturated carbocycles. The summed E-state index contributed by atoms with van der Waals surface area (Å²) in [7, 11) is 1.48. The fourth-order valence-electron chi connectivity index (χ4n) is 3.35. The first kappa shape index (κ1) is 25.4. The van der Waals surface area contributed by atoms with Gasteiger partial charge in [0.1, 0.15) is 16.7 Å². The van der Waals surface area contributed by atoms with E-state index in [4.69, 9.17) is 16.3 Å². The van der Waals surface area contributed by atoms with Gasteiger partial charge in [0, 0.05) is 35.5 Å². The van der Waals surface area contributed by atoms with E-state index < -0.39 is 17.8 Å². The summed E-state index contributed by atoms with van der Waals surface area (Å²) in [5, 5.41) is 3.18. The van der Waals surface area contributed by atoms with E-state index in [0.717, 1.165) is 11.3 Å². The van der Waals surface area contributed by atoms with Crippen LogP contribution in [0, 0.1) is 6.92 Å². The minimum atomic E-state index is -3.94. The Balaban J connectivity index is 1.63. The summed E-state index contributed by atoms with van der Waals surface area (Å²) in [6, 6.07) is 7.42. The minimum Gasteiger partial charge on any atom is -0.494 e. The van der Waals surface area contributed by atoms with Crippen LogP contribution in [0.4, 0.5) is 13.9 Å². The molecule has 3 aromatic heterocycles. The zero-order valence-corrected chi connectivity index (χ0v) is 20.8. The number of nitrogens with one attached hydrogen (secondary N) is 1. The Bertz CT molecular complexity index is 1480. The van der Waals surface area contributed by atoms with Crippen LogP contribution < -0.4 is 14.8 Å². The van der Waals surface area contributed by atoms with Crippen molar-refractivity contribution in [2.24, 2.45) is 0 Å². The zero-order chi connectivity index (χ0) is 26.0. The van der Waals surface area contributed by atoms with Crippen LogP contribution in [0.5, 0.6) is 11.5 Å². The Kier molecular flexibility index (Phi) is 7.14. The third-order valence-electron chi connectivity index (χ3n) is 5.10. The average Bonchev–Trinajstić information content (AvgIpc) is 3.24. The monoisotopic (exact) mass is 532 g/mol. The topological polar surface area (TPSA) is 103 Å². The number of nitrogens with zero attached hydrogens (tertiary/aromatic N) is 3. The number of thiazole rings is 1. The molecule has 36 heavy (non-hydrogen) atoms. The van der Waals surface area contributed by atoms with Gasteiger partial charge in [0.2, 0.25) is 5.78 Å². The second kappa shape index (κ2) is 10.1. The highest BCUT2D eigenvalue weighted by Gasteiger charge is 2.40. The van der Waals surface area contributed by atoms with Crippen LogP contribution in [0.1, 0.15) is 29.4 Å². The van der Waals surface area contributed by atoms with Crippen molar-refractivity contribution < 1.29 is 27.8 Å². The molecule has 4 rings (SSSR count). The lowest BCUT2D eigenvalue weighted by atomic mass is 10.0. The molecule has 0 bridgehead atoms. The van der Waals surface area contributed by atoms with E-state index >= 15 is 0 Å². The molecule has 1 amide bonds. The summed E-state index contributed by atoms with van der Waals surface area (Å²) in [5.74, 6) is -1.62. The predicted molar refractivity (Wildman–Crippen MR) is 132 cm³/mol. The number of aromatic nitrogens is 3.